The second kappa shape index (κ2) is 8.64. The lowest BCUT2D eigenvalue weighted by molar-refractivity contribution is -0.142. The zero-order valence-corrected chi connectivity index (χ0v) is 17.5. The SMILES string of the molecule is CC.CCS(=O)(=O)Nc1cc(-n2c(=O)cc(C(F)(F)F)n3ccnc23)c(F)cc1Cl. The average molecular weight is 469 g/mol. The first-order valence-electron chi connectivity index (χ1n) is 8.61. The fraction of sp³-hybridized carbons (Fsp3) is 0.294. The van der Waals surface area contributed by atoms with E-state index in [9.17, 15) is 30.8 Å². The summed E-state index contributed by atoms with van der Waals surface area (Å²) in [6.45, 7) is 5.36. The molecule has 164 valence electrons. The maximum absolute atomic E-state index is 14.5. The minimum Gasteiger partial charge on any atom is -0.282 e. The van der Waals surface area contributed by atoms with Gasteiger partial charge in [0.25, 0.3) is 5.56 Å². The number of fused-ring (bicyclic) bond motifs is 1. The summed E-state index contributed by atoms with van der Waals surface area (Å²) in [5.74, 6) is -1.87. The lowest BCUT2D eigenvalue weighted by atomic mass is 10.2. The van der Waals surface area contributed by atoms with Gasteiger partial charge in [0, 0.05) is 18.5 Å². The summed E-state index contributed by atoms with van der Waals surface area (Å²) in [7, 11) is -3.79. The molecule has 1 aromatic carbocycles. The van der Waals surface area contributed by atoms with Crippen LogP contribution in [0.2, 0.25) is 5.02 Å². The summed E-state index contributed by atoms with van der Waals surface area (Å²) in [5.41, 5.74) is -3.26. The summed E-state index contributed by atoms with van der Waals surface area (Å²) in [6, 6.07) is 1.95. The van der Waals surface area contributed by atoms with Gasteiger partial charge in [0.15, 0.2) is 0 Å². The van der Waals surface area contributed by atoms with Gasteiger partial charge in [-0.05, 0) is 19.1 Å². The maximum Gasteiger partial charge on any atom is 0.432 e. The van der Waals surface area contributed by atoms with Crippen LogP contribution in [-0.2, 0) is 16.2 Å². The van der Waals surface area contributed by atoms with Crippen LogP contribution in [0.1, 0.15) is 26.5 Å². The number of nitrogens with zero attached hydrogens (tertiary/aromatic N) is 3. The quantitative estimate of drug-likeness (QED) is 0.584. The van der Waals surface area contributed by atoms with E-state index in [2.05, 4.69) is 9.71 Å². The summed E-state index contributed by atoms with van der Waals surface area (Å²) >= 11 is 5.85. The predicted octanol–water partition coefficient (Wildman–Crippen LogP) is 4.08. The van der Waals surface area contributed by atoms with E-state index in [1.54, 1.807) is 0 Å². The van der Waals surface area contributed by atoms with Crippen molar-refractivity contribution in [2.75, 3.05) is 10.5 Å². The molecule has 2 heterocycles. The number of hydrogen-bond donors (Lipinski definition) is 1. The molecule has 13 heteroatoms. The fourth-order valence-electron chi connectivity index (χ4n) is 2.47. The van der Waals surface area contributed by atoms with E-state index in [1.165, 1.54) is 6.92 Å². The Morgan fingerprint density at radius 2 is 1.83 bits per heavy atom. The summed E-state index contributed by atoms with van der Waals surface area (Å²) in [6.07, 6.45) is -2.88. The van der Waals surface area contributed by atoms with Crippen molar-refractivity contribution in [1.82, 2.24) is 14.0 Å². The van der Waals surface area contributed by atoms with Crippen LogP contribution in [0.3, 0.4) is 0 Å². The number of nitrogens with one attached hydrogen (secondary N) is 1. The zero-order chi connectivity index (χ0) is 22.9. The van der Waals surface area contributed by atoms with Crippen molar-refractivity contribution in [2.24, 2.45) is 0 Å². The molecule has 1 N–H and O–H groups in total. The Balaban J connectivity index is 0.00000155. The highest BCUT2D eigenvalue weighted by molar-refractivity contribution is 7.92. The Kier molecular flexibility index (Phi) is 6.82. The Bertz CT molecular complexity index is 1240. The lowest BCUT2D eigenvalue weighted by Gasteiger charge is -2.15. The topological polar surface area (TPSA) is 85.5 Å². The molecule has 0 unspecified atom stereocenters. The molecule has 0 saturated heterocycles. The first-order valence-corrected chi connectivity index (χ1v) is 10.6. The Morgan fingerprint density at radius 1 is 1.20 bits per heavy atom. The minimum absolute atomic E-state index is 0.239. The Hall–Kier alpha value is -2.60. The number of imidazole rings is 1. The van der Waals surface area contributed by atoms with Crippen LogP contribution < -0.4 is 10.3 Å². The van der Waals surface area contributed by atoms with Gasteiger partial charge in [-0.2, -0.15) is 13.2 Å². The molecule has 0 aliphatic rings. The third-order valence-corrected chi connectivity index (χ3v) is 5.38. The van der Waals surface area contributed by atoms with Crippen molar-refractivity contribution >= 4 is 33.1 Å². The predicted molar refractivity (Wildman–Crippen MR) is 105 cm³/mol. The fourth-order valence-corrected chi connectivity index (χ4v) is 3.37. The molecular formula is C17H17ClF4N4O3S. The van der Waals surface area contributed by atoms with E-state index in [0.717, 1.165) is 24.5 Å². The molecule has 0 atom stereocenters. The number of aromatic nitrogens is 3. The number of hydrogen-bond acceptors (Lipinski definition) is 4. The van der Waals surface area contributed by atoms with Crippen LogP contribution >= 0.6 is 11.6 Å². The molecule has 0 spiro atoms. The molecule has 0 saturated carbocycles. The highest BCUT2D eigenvalue weighted by Crippen LogP contribution is 2.31. The van der Waals surface area contributed by atoms with Crippen LogP contribution in [0.4, 0.5) is 23.2 Å². The second-order valence-electron chi connectivity index (χ2n) is 5.59. The van der Waals surface area contributed by atoms with Gasteiger partial charge in [0.1, 0.15) is 11.5 Å². The second-order valence-corrected chi connectivity index (χ2v) is 8.01. The summed E-state index contributed by atoms with van der Waals surface area (Å²) < 4.78 is 80.8. The van der Waals surface area contributed by atoms with Crippen molar-refractivity contribution in [1.29, 1.82) is 0 Å². The smallest absolute Gasteiger partial charge is 0.282 e. The number of rotatable bonds is 4. The summed E-state index contributed by atoms with van der Waals surface area (Å²) in [5, 5.41) is -0.294. The first-order chi connectivity index (χ1) is 13.9. The minimum atomic E-state index is -4.85. The molecule has 7 nitrogen and oxygen atoms in total. The van der Waals surface area contributed by atoms with Gasteiger partial charge in [-0.15, -0.1) is 0 Å². The highest BCUT2D eigenvalue weighted by Gasteiger charge is 2.35. The van der Waals surface area contributed by atoms with Crippen LogP contribution in [0, 0.1) is 5.82 Å². The van der Waals surface area contributed by atoms with Gasteiger partial charge in [0.05, 0.1) is 22.2 Å². The van der Waals surface area contributed by atoms with E-state index < -0.39 is 44.7 Å². The van der Waals surface area contributed by atoms with Crippen molar-refractivity contribution < 1.29 is 26.0 Å². The number of alkyl halides is 3. The normalized spacial score (nSPS) is 11.9. The van der Waals surface area contributed by atoms with E-state index in [1.807, 2.05) is 13.8 Å². The standard InChI is InChI=1S/C15H11ClF4N4O3S.C2H6/c1-2-28(26,27)22-10-6-11(9(17)5-8(10)16)24-13(25)7-12(15(18,19)20)23-4-3-21-14(23)24;1-2/h3-7,22H,2H2,1H3;1-2H3. The van der Waals surface area contributed by atoms with Crippen LogP contribution in [0.15, 0.2) is 35.4 Å². The van der Waals surface area contributed by atoms with Crippen molar-refractivity contribution in [3.05, 3.63) is 57.5 Å². The number of halogens is 5. The molecule has 3 rings (SSSR count). The highest BCUT2D eigenvalue weighted by atomic mass is 35.5. The van der Waals surface area contributed by atoms with Gasteiger partial charge in [0.2, 0.25) is 15.8 Å². The zero-order valence-electron chi connectivity index (χ0n) is 16.0. The lowest BCUT2D eigenvalue weighted by Crippen LogP contribution is -2.26. The van der Waals surface area contributed by atoms with Gasteiger partial charge >= 0.3 is 6.18 Å². The van der Waals surface area contributed by atoms with Crippen molar-refractivity contribution in [3.63, 3.8) is 0 Å². The monoisotopic (exact) mass is 468 g/mol. The van der Waals surface area contributed by atoms with Gasteiger partial charge in [-0.25, -0.2) is 22.4 Å². The average Bonchev–Trinajstić information content (AvgIpc) is 3.14. The van der Waals surface area contributed by atoms with E-state index in [-0.39, 0.29) is 16.5 Å². The van der Waals surface area contributed by atoms with Gasteiger partial charge < -0.3 is 0 Å². The Morgan fingerprint density at radius 3 is 2.40 bits per heavy atom. The molecule has 0 aliphatic heterocycles. The molecule has 30 heavy (non-hydrogen) atoms. The van der Waals surface area contributed by atoms with Crippen molar-refractivity contribution in [3.8, 4) is 5.69 Å². The molecule has 0 aliphatic carbocycles. The molecule has 0 amide bonds. The third-order valence-electron chi connectivity index (χ3n) is 3.77. The number of anilines is 1. The maximum atomic E-state index is 14.5. The Labute approximate surface area is 174 Å². The molecule has 0 radical (unpaired) electrons. The van der Waals surface area contributed by atoms with Crippen LogP contribution in [0.25, 0.3) is 11.5 Å². The van der Waals surface area contributed by atoms with E-state index >= 15 is 0 Å². The van der Waals surface area contributed by atoms with Gasteiger partial charge in [-0.3, -0.25) is 13.9 Å². The van der Waals surface area contributed by atoms with E-state index in [0.29, 0.717) is 15.0 Å². The summed E-state index contributed by atoms with van der Waals surface area (Å²) in [4.78, 5) is 16.1. The van der Waals surface area contributed by atoms with Crippen molar-refractivity contribution in [2.45, 2.75) is 26.9 Å². The van der Waals surface area contributed by atoms with E-state index in [4.69, 9.17) is 11.6 Å². The number of sulfonamides is 1. The first kappa shape index (κ1) is 23.7. The van der Waals surface area contributed by atoms with Crippen LogP contribution in [-0.4, -0.2) is 28.1 Å². The largest absolute Gasteiger partial charge is 0.432 e. The molecule has 0 fully saturated rings. The third kappa shape index (κ3) is 4.59. The molecule has 3 aromatic rings. The molecular weight excluding hydrogens is 452 g/mol. The number of benzene rings is 1. The molecule has 2 aromatic heterocycles. The van der Waals surface area contributed by atoms with Gasteiger partial charge in [-0.1, -0.05) is 25.4 Å². The van der Waals surface area contributed by atoms with Crippen LogP contribution in [0.5, 0.6) is 0 Å². The molecule has 0 bridgehead atoms.